The highest BCUT2D eigenvalue weighted by Gasteiger charge is 2.35. The summed E-state index contributed by atoms with van der Waals surface area (Å²) in [6.45, 7) is 4.63. The molecule has 0 saturated heterocycles. The summed E-state index contributed by atoms with van der Waals surface area (Å²) < 4.78 is 12.4. The van der Waals surface area contributed by atoms with Gasteiger partial charge in [-0.25, -0.2) is 9.59 Å². The largest absolute Gasteiger partial charge is 0.416 e. The smallest absolute Gasteiger partial charge is 0.410 e. The first-order valence-corrected chi connectivity index (χ1v) is 18.2. The number of nitrogens with zero attached hydrogens (tertiary/aromatic N) is 2. The van der Waals surface area contributed by atoms with Crippen molar-refractivity contribution in [2.75, 3.05) is 6.67 Å². The molecule has 45 heavy (non-hydrogen) atoms. The predicted octanol–water partition coefficient (Wildman–Crippen LogP) is 10.9. The van der Waals surface area contributed by atoms with Crippen molar-refractivity contribution in [3.8, 4) is 11.5 Å². The number of aryl methyl sites for hydroxylation is 2. The Morgan fingerprint density at radius 2 is 0.978 bits per heavy atom. The second kappa shape index (κ2) is 19.5. The third-order valence-electron chi connectivity index (χ3n) is 9.74. The van der Waals surface area contributed by atoms with E-state index in [2.05, 4.69) is 26.0 Å². The number of ether oxygens (including phenoxy) is 2. The molecule has 2 aliphatic rings. The van der Waals surface area contributed by atoms with Crippen LogP contribution < -0.4 is 9.47 Å². The van der Waals surface area contributed by atoms with E-state index in [0.717, 1.165) is 88.2 Å². The van der Waals surface area contributed by atoms with E-state index in [4.69, 9.17) is 9.47 Å². The van der Waals surface area contributed by atoms with E-state index < -0.39 is 0 Å². The lowest BCUT2D eigenvalue weighted by Gasteiger charge is -2.40. The Labute approximate surface area is 272 Å². The Bertz CT molecular complexity index is 1070. The van der Waals surface area contributed by atoms with Crippen molar-refractivity contribution in [2.45, 2.75) is 154 Å². The number of amides is 2. The van der Waals surface area contributed by atoms with Crippen LogP contribution >= 0.6 is 0 Å². The second-order valence-corrected chi connectivity index (χ2v) is 13.2. The van der Waals surface area contributed by atoms with Crippen molar-refractivity contribution in [3.05, 3.63) is 59.7 Å². The van der Waals surface area contributed by atoms with Gasteiger partial charge in [0.05, 0.1) is 0 Å². The summed E-state index contributed by atoms with van der Waals surface area (Å²) in [5, 5.41) is 0. The van der Waals surface area contributed by atoms with Gasteiger partial charge in [0.15, 0.2) is 0 Å². The maximum absolute atomic E-state index is 14.1. The van der Waals surface area contributed by atoms with Gasteiger partial charge in [-0.05, 0) is 74.6 Å². The maximum Gasteiger partial charge on any atom is 0.416 e. The van der Waals surface area contributed by atoms with Crippen molar-refractivity contribution in [1.82, 2.24) is 9.80 Å². The minimum atomic E-state index is -0.354. The SMILES string of the molecule is CCCCCCc1ccccc1OC(=O)N(CN(C(=O)Oc1ccccc1CCCCCC)C1CCCCC1)C1CCCCC1. The number of hydrogen-bond donors (Lipinski definition) is 0. The summed E-state index contributed by atoms with van der Waals surface area (Å²) in [6.07, 6.45) is 20.8. The molecule has 0 spiro atoms. The summed E-state index contributed by atoms with van der Waals surface area (Å²) in [6, 6.07) is 16.0. The fraction of sp³-hybridized carbons (Fsp3) is 0.641. The van der Waals surface area contributed by atoms with Gasteiger partial charge in [0.2, 0.25) is 0 Å². The van der Waals surface area contributed by atoms with E-state index >= 15 is 0 Å². The fourth-order valence-corrected chi connectivity index (χ4v) is 7.00. The quantitative estimate of drug-likeness (QED) is 0.139. The number of benzene rings is 2. The highest BCUT2D eigenvalue weighted by molar-refractivity contribution is 5.74. The summed E-state index contributed by atoms with van der Waals surface area (Å²) in [7, 11) is 0. The molecule has 6 heteroatoms. The van der Waals surface area contributed by atoms with Gasteiger partial charge in [-0.3, -0.25) is 9.80 Å². The van der Waals surface area contributed by atoms with E-state index in [9.17, 15) is 9.59 Å². The molecular formula is C39H58N2O4. The molecule has 2 aliphatic carbocycles. The molecule has 248 valence electrons. The third-order valence-corrected chi connectivity index (χ3v) is 9.74. The number of rotatable bonds is 16. The molecule has 0 aromatic heterocycles. The van der Waals surface area contributed by atoms with Crippen LogP contribution in [0.15, 0.2) is 48.5 Å². The summed E-state index contributed by atoms with van der Waals surface area (Å²) >= 11 is 0. The van der Waals surface area contributed by atoms with Crippen LogP contribution in [0.2, 0.25) is 0 Å². The van der Waals surface area contributed by atoms with E-state index in [0.29, 0.717) is 11.5 Å². The number of carbonyl (C=O) groups excluding carboxylic acids is 2. The molecule has 0 heterocycles. The Hall–Kier alpha value is -3.02. The average molecular weight is 619 g/mol. The van der Waals surface area contributed by atoms with Crippen molar-refractivity contribution >= 4 is 12.2 Å². The summed E-state index contributed by atoms with van der Waals surface area (Å²) in [5.74, 6) is 1.28. The van der Waals surface area contributed by atoms with Gasteiger partial charge in [-0.15, -0.1) is 0 Å². The normalized spacial score (nSPS) is 15.9. The van der Waals surface area contributed by atoms with Gasteiger partial charge in [-0.1, -0.05) is 127 Å². The monoisotopic (exact) mass is 618 g/mol. The molecule has 4 rings (SSSR count). The Morgan fingerprint density at radius 3 is 1.38 bits per heavy atom. The first-order valence-electron chi connectivity index (χ1n) is 18.2. The van der Waals surface area contributed by atoms with Crippen molar-refractivity contribution in [3.63, 3.8) is 0 Å². The highest BCUT2D eigenvalue weighted by atomic mass is 16.6. The molecule has 2 aromatic carbocycles. The molecule has 2 fully saturated rings. The zero-order chi connectivity index (χ0) is 31.7. The van der Waals surface area contributed by atoms with Gasteiger partial charge in [0.1, 0.15) is 18.2 Å². The van der Waals surface area contributed by atoms with E-state index in [1.165, 1.54) is 51.4 Å². The van der Waals surface area contributed by atoms with Crippen molar-refractivity contribution in [2.24, 2.45) is 0 Å². The van der Waals surface area contributed by atoms with Crippen LogP contribution in [-0.4, -0.2) is 40.7 Å². The van der Waals surface area contributed by atoms with Crippen LogP contribution in [0.25, 0.3) is 0 Å². The number of para-hydroxylation sites is 2. The molecule has 0 radical (unpaired) electrons. The lowest BCUT2D eigenvalue weighted by atomic mass is 9.93. The van der Waals surface area contributed by atoms with Gasteiger partial charge < -0.3 is 9.47 Å². The van der Waals surface area contributed by atoms with Crippen LogP contribution in [0, 0.1) is 0 Å². The van der Waals surface area contributed by atoms with E-state index in [1.54, 1.807) is 0 Å². The lowest BCUT2D eigenvalue weighted by Crippen LogP contribution is -2.54. The minimum Gasteiger partial charge on any atom is -0.410 e. The molecule has 2 aromatic rings. The topological polar surface area (TPSA) is 59.1 Å². The molecule has 0 bridgehead atoms. The summed E-state index contributed by atoms with van der Waals surface area (Å²) in [4.78, 5) is 31.9. The highest BCUT2D eigenvalue weighted by Crippen LogP contribution is 2.30. The van der Waals surface area contributed by atoms with Crippen LogP contribution in [0.4, 0.5) is 9.59 Å². The summed E-state index contributed by atoms with van der Waals surface area (Å²) in [5.41, 5.74) is 2.15. The molecule has 0 unspecified atom stereocenters. The van der Waals surface area contributed by atoms with E-state index in [1.807, 2.05) is 46.2 Å². The number of hydrogen-bond acceptors (Lipinski definition) is 4. The zero-order valence-corrected chi connectivity index (χ0v) is 28.2. The number of carbonyl (C=O) groups is 2. The zero-order valence-electron chi connectivity index (χ0n) is 28.2. The first-order chi connectivity index (χ1) is 22.1. The van der Waals surface area contributed by atoms with Gasteiger partial charge in [0.25, 0.3) is 0 Å². The van der Waals surface area contributed by atoms with Gasteiger partial charge >= 0.3 is 12.2 Å². The van der Waals surface area contributed by atoms with Gasteiger partial charge in [0, 0.05) is 12.1 Å². The van der Waals surface area contributed by atoms with Crippen LogP contribution in [0.3, 0.4) is 0 Å². The van der Waals surface area contributed by atoms with Crippen LogP contribution in [0.1, 0.15) is 141 Å². The molecule has 0 N–H and O–H groups in total. The third kappa shape index (κ3) is 11.1. The average Bonchev–Trinajstić information content (AvgIpc) is 3.07. The van der Waals surface area contributed by atoms with Gasteiger partial charge in [-0.2, -0.15) is 0 Å². The van der Waals surface area contributed by atoms with Crippen LogP contribution in [-0.2, 0) is 12.8 Å². The Balaban J connectivity index is 1.54. The molecule has 0 aliphatic heterocycles. The first kappa shape index (κ1) is 34.8. The second-order valence-electron chi connectivity index (χ2n) is 13.2. The molecule has 2 amide bonds. The fourth-order valence-electron chi connectivity index (χ4n) is 7.00. The Kier molecular flexibility index (Phi) is 15.1. The Morgan fingerprint density at radius 1 is 0.578 bits per heavy atom. The molecular weight excluding hydrogens is 560 g/mol. The lowest BCUT2D eigenvalue weighted by molar-refractivity contribution is 0.0471. The number of unbranched alkanes of at least 4 members (excludes halogenated alkanes) is 6. The maximum atomic E-state index is 14.1. The molecule has 6 nitrogen and oxygen atoms in total. The predicted molar refractivity (Wildman–Crippen MR) is 183 cm³/mol. The van der Waals surface area contributed by atoms with Crippen LogP contribution in [0.5, 0.6) is 11.5 Å². The van der Waals surface area contributed by atoms with Crippen molar-refractivity contribution < 1.29 is 19.1 Å². The molecule has 2 saturated carbocycles. The minimum absolute atomic E-state index is 0.0488. The molecule has 0 atom stereocenters. The standard InChI is InChI=1S/C39H58N2O4/c1-3-5-7-11-21-32-23-17-19-29-36(32)44-38(42)40(34-25-13-9-14-26-34)31-41(35-27-15-10-16-28-35)39(43)45-37-30-20-18-24-33(37)22-12-8-6-4-2/h17-20,23-24,29-30,34-35H,3-16,21-22,25-28,31H2,1-2H3. The van der Waals surface area contributed by atoms with Crippen molar-refractivity contribution in [1.29, 1.82) is 0 Å². The van der Waals surface area contributed by atoms with E-state index in [-0.39, 0.29) is 30.9 Å².